The Balaban J connectivity index is 0.000000199. The van der Waals surface area contributed by atoms with Crippen LogP contribution >= 0.6 is 0 Å². The highest BCUT2D eigenvalue weighted by Crippen LogP contribution is 2.36. The topological polar surface area (TPSA) is 251 Å². The number of carbonyl (C=O) groups is 2. The fourth-order valence-electron chi connectivity index (χ4n) is 21.1. The molecule has 7 aliphatic carbocycles. The fraction of sp³-hybridized carbons (Fsp3) is 0.642. The zero-order valence-corrected chi connectivity index (χ0v) is 88.2. The van der Waals surface area contributed by atoms with E-state index < -0.39 is 11.7 Å². The van der Waals surface area contributed by atoms with E-state index in [2.05, 4.69) is 163 Å². The van der Waals surface area contributed by atoms with Crippen molar-refractivity contribution in [2.45, 2.75) is 412 Å². The van der Waals surface area contributed by atoms with Crippen LogP contribution in [0.2, 0.25) is 0 Å². The molecule has 7 saturated carbocycles. The maximum absolute atomic E-state index is 11.8. The van der Waals surface area contributed by atoms with Crippen molar-refractivity contribution in [1.82, 2.24) is 0 Å². The summed E-state index contributed by atoms with van der Waals surface area (Å²) in [7, 11) is 2.18. The van der Waals surface area contributed by atoms with Gasteiger partial charge in [-0.15, -0.1) is 0 Å². The SMILES string of the molecule is CC(=O)CCCC(O)c1cccc(NCC2CCCCC2)c1.CCC(C)C(O)c1cccc(NCC2CCCCC2)c1.CCC(O)Cc1cccc(NCC2CCCCC2)c1.CCCC(=O)c1cccc(NCC2(O)CCCC2)c1.CCCC(O)c1cccc(N(C)CC2CCCCC2)c1.CCCCC(O)c1cccc(NCC2CCCCC2)c1.CCC[C@@H](O)c1cccc(NCC2CCCCC2)c1. The van der Waals surface area contributed by atoms with Crippen molar-refractivity contribution in [2.75, 3.05) is 89.7 Å². The molecule has 14 rings (SSSR count). The first kappa shape index (κ1) is 116. The predicted octanol–water partition coefficient (Wildman–Crippen LogP) is 30.6. The van der Waals surface area contributed by atoms with Gasteiger partial charge in [0.1, 0.15) is 5.78 Å². The number of aliphatic hydroxyl groups is 7. The number of nitrogens with zero attached hydrogens (tertiary/aromatic N) is 1. The van der Waals surface area contributed by atoms with Gasteiger partial charge in [-0.25, -0.2) is 0 Å². The Morgan fingerprint density at radius 2 is 0.705 bits per heavy atom. The zero-order chi connectivity index (χ0) is 99.5. The normalized spacial score (nSPS) is 18.0. The van der Waals surface area contributed by atoms with Gasteiger partial charge < -0.3 is 77.3 Å². The maximum Gasteiger partial charge on any atom is 0.162 e. The van der Waals surface area contributed by atoms with Crippen molar-refractivity contribution in [3.05, 3.63) is 209 Å². The zero-order valence-electron chi connectivity index (χ0n) is 88.2. The molecule has 774 valence electrons. The number of carbonyl (C=O) groups excluding carboxylic acids is 2. The van der Waals surface area contributed by atoms with Gasteiger partial charge in [-0.05, 0) is 308 Å². The first-order valence-corrected chi connectivity index (χ1v) is 56.2. The number of unbranched alkanes of at least 4 members (excludes halogenated alkanes) is 1. The van der Waals surface area contributed by atoms with Crippen LogP contribution in [0.15, 0.2) is 170 Å². The highest BCUT2D eigenvalue weighted by molar-refractivity contribution is 5.96. The lowest BCUT2D eigenvalue weighted by Gasteiger charge is -2.28. The minimum atomic E-state index is -0.566. The van der Waals surface area contributed by atoms with Gasteiger partial charge in [0.05, 0.1) is 42.2 Å². The largest absolute Gasteiger partial charge is 0.393 e. The second kappa shape index (κ2) is 68.4. The van der Waals surface area contributed by atoms with Gasteiger partial charge in [-0.1, -0.05) is 294 Å². The van der Waals surface area contributed by atoms with E-state index in [9.17, 15) is 45.3 Å². The standard InChI is InChI=1S/C19H29NO2.3C18H29NO.2C17H27NO.C16H23NO2/c1-15(21)7-5-12-19(22)17-10-6-11-18(13-17)20-14-16-8-3-2-4-9-16;1-3-14(2)18(20)16-10-7-11-17(12-16)19-13-15-8-5-4-6-9-15;1-3-8-18(20)16-11-7-12-17(13-16)19(2)14-15-9-5-4-6-10-15;1-2-3-12-18(20)16-10-7-11-17(13-16)19-14-15-8-5-4-6-9-15;1-2-17(19)12-15-9-6-10-16(11-15)18-13-14-7-4-3-5-8-14;1-2-7-17(19)15-10-6-11-16(12-15)18-13-14-8-4-3-5-9-14;1-2-6-15(18)13-7-5-8-14(11-13)17-12-16(19)9-3-4-10-16/h6,10-11,13,16,19-20,22H,2-5,7-9,12,14H2,1H3;7,10-12,14-15,18-20H,3-6,8-9,13H2,1-2H3;7,11-13,15,18,20H,3-6,8-10,14H2,1-2H3;7,10-11,13,15,18-20H,2-6,8-9,12,14H2,1H3;6,9-11,14,17-19H,2-5,7-8,12-13H2,1H3;6,10-12,14,17-19H,2-5,7-9,13H2,1H3;5,7-8,11,17,19H,2-4,6,9-10,12H2,1H3/t;;;;;17-;/m.....1./s1. The summed E-state index contributed by atoms with van der Waals surface area (Å²) in [6.45, 7) is 23.3. The third-order valence-electron chi connectivity index (χ3n) is 30.4. The number of anilines is 7. The van der Waals surface area contributed by atoms with Crippen LogP contribution in [-0.4, -0.2) is 112 Å². The Morgan fingerprint density at radius 3 is 1.09 bits per heavy atom. The number of benzene rings is 7. The summed E-state index contributed by atoms with van der Waals surface area (Å²) in [6.07, 6.45) is 56.2. The average molecular weight is 1910 g/mol. The molecule has 16 nitrogen and oxygen atoms in total. The predicted molar refractivity (Wildman–Crippen MR) is 590 cm³/mol. The number of Topliss-reactive ketones (excluding diaryl/α,β-unsaturated/α-hetero) is 2. The number of hydrogen-bond donors (Lipinski definition) is 13. The molecule has 0 radical (unpaired) electrons. The van der Waals surface area contributed by atoms with Crippen molar-refractivity contribution < 1.29 is 45.3 Å². The Hall–Kier alpha value is -7.80. The molecule has 7 aromatic carbocycles. The lowest BCUT2D eigenvalue weighted by molar-refractivity contribution is -0.117. The van der Waals surface area contributed by atoms with Crippen LogP contribution in [0.5, 0.6) is 0 Å². The van der Waals surface area contributed by atoms with Crippen LogP contribution < -0.4 is 36.8 Å². The maximum atomic E-state index is 11.8. The van der Waals surface area contributed by atoms with Crippen molar-refractivity contribution in [3.63, 3.8) is 0 Å². The van der Waals surface area contributed by atoms with Crippen molar-refractivity contribution in [1.29, 1.82) is 0 Å². The first-order chi connectivity index (χ1) is 67.5. The molecular formula is C123H193N7O9. The Labute approximate surface area is 843 Å². The number of hydrogen-bond acceptors (Lipinski definition) is 16. The molecule has 0 heterocycles. The molecule has 139 heavy (non-hydrogen) atoms. The molecule has 0 spiro atoms. The van der Waals surface area contributed by atoms with E-state index in [1.807, 2.05) is 98.8 Å². The van der Waals surface area contributed by atoms with E-state index in [0.717, 1.165) is 239 Å². The minimum absolute atomic E-state index is 0.186. The average Bonchev–Trinajstić information content (AvgIpc) is 1.81. The van der Waals surface area contributed by atoms with Crippen LogP contribution in [0.25, 0.3) is 0 Å². The molecule has 7 fully saturated rings. The van der Waals surface area contributed by atoms with Gasteiger partial charge in [-0.2, -0.15) is 0 Å². The smallest absolute Gasteiger partial charge is 0.162 e. The molecule has 6 unspecified atom stereocenters. The summed E-state index contributed by atoms with van der Waals surface area (Å²) in [5.74, 6) is 5.65. The molecule has 7 aliphatic rings. The number of ketones is 2. The van der Waals surface area contributed by atoms with E-state index >= 15 is 0 Å². The summed E-state index contributed by atoms with van der Waals surface area (Å²) >= 11 is 0. The molecule has 0 aromatic heterocycles. The minimum Gasteiger partial charge on any atom is -0.393 e. The molecule has 16 heteroatoms. The van der Waals surface area contributed by atoms with E-state index in [4.69, 9.17) is 0 Å². The summed E-state index contributed by atoms with van der Waals surface area (Å²) in [5.41, 5.74) is 14.4. The van der Waals surface area contributed by atoms with Crippen LogP contribution in [0.1, 0.15) is 438 Å². The highest BCUT2D eigenvalue weighted by Gasteiger charge is 2.31. The summed E-state index contributed by atoms with van der Waals surface area (Å²) in [5, 5.41) is 91.9. The quantitative estimate of drug-likeness (QED) is 0.0159. The van der Waals surface area contributed by atoms with Gasteiger partial charge in [0.25, 0.3) is 0 Å². The lowest BCUT2D eigenvalue weighted by Crippen LogP contribution is -2.33. The van der Waals surface area contributed by atoms with Crippen LogP contribution in [0, 0.1) is 41.4 Å². The third kappa shape index (κ3) is 47.1. The lowest BCUT2D eigenvalue weighted by atomic mass is 9.89. The second-order valence-corrected chi connectivity index (χ2v) is 42.6. The van der Waals surface area contributed by atoms with Crippen LogP contribution in [-0.2, 0) is 11.2 Å². The fourth-order valence-corrected chi connectivity index (χ4v) is 21.1. The molecule has 13 N–H and O–H groups in total. The van der Waals surface area contributed by atoms with Crippen molar-refractivity contribution in [3.8, 4) is 0 Å². The van der Waals surface area contributed by atoms with Gasteiger partial charge >= 0.3 is 0 Å². The van der Waals surface area contributed by atoms with Crippen LogP contribution in [0.4, 0.5) is 39.8 Å². The number of nitrogens with one attached hydrogen (secondary N) is 6. The molecule has 0 bridgehead atoms. The van der Waals surface area contributed by atoms with E-state index in [1.54, 1.807) is 6.92 Å². The van der Waals surface area contributed by atoms with Gasteiger partial charge in [0.2, 0.25) is 0 Å². The molecule has 0 saturated heterocycles. The van der Waals surface area contributed by atoms with Crippen molar-refractivity contribution in [2.24, 2.45) is 41.4 Å². The van der Waals surface area contributed by atoms with Gasteiger partial charge in [-0.3, -0.25) is 4.79 Å². The molecular weight excluding hydrogens is 1720 g/mol. The van der Waals surface area contributed by atoms with Gasteiger partial charge in [0.15, 0.2) is 5.78 Å². The van der Waals surface area contributed by atoms with Crippen LogP contribution in [0.3, 0.4) is 0 Å². The molecule has 7 atom stereocenters. The summed E-state index contributed by atoms with van der Waals surface area (Å²) < 4.78 is 0. The van der Waals surface area contributed by atoms with E-state index in [-0.39, 0.29) is 42.1 Å². The molecule has 0 amide bonds. The Bertz CT molecular complexity index is 4370. The third-order valence-corrected chi connectivity index (χ3v) is 30.4. The molecule has 0 aliphatic heterocycles. The number of aliphatic hydroxyl groups excluding tert-OH is 6. The summed E-state index contributed by atoms with van der Waals surface area (Å²) in [4.78, 5) is 25.2. The Kier molecular flexibility index (Phi) is 57.3. The molecule has 7 aromatic rings. The van der Waals surface area contributed by atoms with E-state index in [1.165, 1.54) is 210 Å². The number of rotatable bonds is 45. The monoisotopic (exact) mass is 1910 g/mol. The first-order valence-electron chi connectivity index (χ1n) is 56.2. The van der Waals surface area contributed by atoms with Gasteiger partial charge in [0, 0.05) is 111 Å². The second-order valence-electron chi connectivity index (χ2n) is 42.6. The highest BCUT2D eigenvalue weighted by atomic mass is 16.3. The summed E-state index contributed by atoms with van der Waals surface area (Å²) in [6, 6.07) is 57.4. The Morgan fingerprint density at radius 1 is 0.360 bits per heavy atom. The van der Waals surface area contributed by atoms with Crippen molar-refractivity contribution >= 4 is 51.4 Å². The van der Waals surface area contributed by atoms with E-state index in [0.29, 0.717) is 31.7 Å².